The fourth-order valence-corrected chi connectivity index (χ4v) is 4.91. The number of unbranched alkanes of at least 4 members (excludes halogenated alkanes) is 5. The molecule has 6 nitrogen and oxygen atoms in total. The smallest absolute Gasteiger partial charge is 0.321 e. The average Bonchev–Trinajstić information content (AvgIpc) is 3.27. The van der Waals surface area contributed by atoms with E-state index in [1.807, 2.05) is 32.0 Å². The number of ether oxygens (including phenoxy) is 2. The Balaban J connectivity index is 0.000000420. The molecule has 190 valence electrons. The molecular formula is C25H43NO5S2. The maximum atomic E-state index is 12.3. The third-order valence-corrected chi connectivity index (χ3v) is 7.81. The number of carboxylic acid groups (broad SMARTS) is 1. The molecule has 0 aromatic heterocycles. The Morgan fingerprint density at radius 2 is 1.82 bits per heavy atom. The first-order valence-corrected chi connectivity index (χ1v) is 14.2. The standard InChI is InChI=1S/C18H28O3S.C7H15NO2S/c1-3-4-5-6-7-8-11-22(19)15(2)12-16-9-10-17-18(13-16)21-14-20-17;1-3-5(2)8-6(4-11)7(9)10/h9-10,13,15H,3-8,11-12,14H2,1-2H3;5-6,8,11H,3-4H2,1-2H3,(H,9,10)/t;5?,6-/m.0/s1. The molecule has 1 aliphatic rings. The second-order valence-corrected chi connectivity index (χ2v) is 10.9. The molecule has 4 atom stereocenters. The molecule has 8 heteroatoms. The minimum absolute atomic E-state index is 0.191. The predicted molar refractivity (Wildman–Crippen MR) is 140 cm³/mol. The van der Waals surface area contributed by atoms with Crippen molar-refractivity contribution in [1.29, 1.82) is 0 Å². The summed E-state index contributed by atoms with van der Waals surface area (Å²) in [4.78, 5) is 10.5. The molecule has 2 N–H and O–H groups in total. The first-order valence-electron chi connectivity index (χ1n) is 12.2. The van der Waals surface area contributed by atoms with Gasteiger partial charge in [0.1, 0.15) is 17.0 Å². The molecule has 2 rings (SSSR count). The predicted octanol–water partition coefficient (Wildman–Crippen LogP) is 5.21. The number of fused-ring (bicyclic) bond motifs is 1. The quantitative estimate of drug-likeness (QED) is 0.174. The van der Waals surface area contributed by atoms with E-state index in [9.17, 15) is 9.35 Å². The summed E-state index contributed by atoms with van der Waals surface area (Å²) in [6.07, 6.45) is 9.25. The van der Waals surface area contributed by atoms with E-state index < -0.39 is 23.2 Å². The third kappa shape index (κ3) is 12.3. The Labute approximate surface area is 208 Å². The van der Waals surface area contributed by atoms with Crippen LogP contribution in [0.3, 0.4) is 0 Å². The van der Waals surface area contributed by atoms with E-state index in [2.05, 4.69) is 31.8 Å². The monoisotopic (exact) mass is 501 g/mol. The summed E-state index contributed by atoms with van der Waals surface area (Å²) < 4.78 is 23.0. The maximum Gasteiger partial charge on any atom is 0.321 e. The first-order chi connectivity index (χ1) is 15.8. The molecule has 33 heavy (non-hydrogen) atoms. The molecule has 0 radical (unpaired) electrons. The normalized spacial score (nSPS) is 15.8. The zero-order chi connectivity index (χ0) is 24.6. The van der Waals surface area contributed by atoms with E-state index in [-0.39, 0.29) is 11.3 Å². The van der Waals surface area contributed by atoms with Crippen LogP contribution in [0.4, 0.5) is 0 Å². The van der Waals surface area contributed by atoms with Gasteiger partial charge in [-0.1, -0.05) is 56.8 Å². The van der Waals surface area contributed by atoms with Crippen LogP contribution in [0, 0.1) is 0 Å². The van der Waals surface area contributed by atoms with Gasteiger partial charge in [0.15, 0.2) is 11.5 Å². The highest BCUT2D eigenvalue weighted by Gasteiger charge is 2.20. The number of hydrogen-bond donors (Lipinski definition) is 3. The highest BCUT2D eigenvalue weighted by Crippen LogP contribution is 2.33. The summed E-state index contributed by atoms with van der Waals surface area (Å²) in [7, 11) is 0. The Kier molecular flexibility index (Phi) is 15.8. The summed E-state index contributed by atoms with van der Waals surface area (Å²) >= 11 is 3.18. The van der Waals surface area contributed by atoms with E-state index in [1.165, 1.54) is 37.7 Å². The zero-order valence-electron chi connectivity index (χ0n) is 20.7. The van der Waals surface area contributed by atoms with Gasteiger partial charge in [0.05, 0.1) is 0 Å². The van der Waals surface area contributed by atoms with Gasteiger partial charge in [0.25, 0.3) is 0 Å². The van der Waals surface area contributed by atoms with Crippen LogP contribution >= 0.6 is 12.6 Å². The molecule has 1 aromatic rings. The maximum absolute atomic E-state index is 12.3. The summed E-state index contributed by atoms with van der Waals surface area (Å²) in [6.45, 7) is 8.58. The van der Waals surface area contributed by atoms with Gasteiger partial charge in [0, 0.05) is 18.2 Å². The summed E-state index contributed by atoms with van der Waals surface area (Å²) in [5, 5.41) is 11.7. The molecule has 0 amide bonds. The van der Waals surface area contributed by atoms with Crippen molar-refractivity contribution in [2.24, 2.45) is 0 Å². The SMILES string of the molecule is CCC(C)N[C@@H](CS)C(=O)O.CCCCCCCC[S+]([O-])C(C)Cc1ccc2c(c1)OCO2. The van der Waals surface area contributed by atoms with Gasteiger partial charge in [-0.15, -0.1) is 0 Å². The van der Waals surface area contributed by atoms with E-state index in [0.29, 0.717) is 12.5 Å². The fraction of sp³-hybridized carbons (Fsp3) is 0.720. The lowest BCUT2D eigenvalue weighted by molar-refractivity contribution is -0.139. The number of rotatable bonds is 15. The van der Waals surface area contributed by atoms with Crippen molar-refractivity contribution in [2.45, 2.75) is 96.4 Å². The Morgan fingerprint density at radius 3 is 2.45 bits per heavy atom. The van der Waals surface area contributed by atoms with Gasteiger partial charge in [-0.2, -0.15) is 12.6 Å². The van der Waals surface area contributed by atoms with E-state index >= 15 is 0 Å². The Hall–Kier alpha value is -1.09. The zero-order valence-corrected chi connectivity index (χ0v) is 22.4. The summed E-state index contributed by atoms with van der Waals surface area (Å²) in [5.74, 6) is 1.95. The minimum Gasteiger partial charge on any atom is -0.616 e. The topological polar surface area (TPSA) is 90.9 Å². The molecule has 1 aliphatic heterocycles. The number of aliphatic carboxylic acids is 1. The molecule has 0 spiro atoms. The van der Waals surface area contributed by atoms with Crippen LogP contribution in [0.25, 0.3) is 0 Å². The first kappa shape index (κ1) is 29.9. The van der Waals surface area contributed by atoms with Crippen LogP contribution < -0.4 is 14.8 Å². The van der Waals surface area contributed by atoms with E-state index in [1.54, 1.807) is 0 Å². The number of hydrogen-bond acceptors (Lipinski definition) is 6. The lowest BCUT2D eigenvalue weighted by Gasteiger charge is -2.18. The van der Waals surface area contributed by atoms with Crippen molar-refractivity contribution >= 4 is 29.8 Å². The highest BCUT2D eigenvalue weighted by molar-refractivity contribution is 7.92. The van der Waals surface area contributed by atoms with Crippen molar-refractivity contribution in [3.63, 3.8) is 0 Å². The molecule has 0 aliphatic carbocycles. The number of nitrogens with one attached hydrogen (secondary N) is 1. The summed E-state index contributed by atoms with van der Waals surface area (Å²) in [5.41, 5.74) is 1.17. The lowest BCUT2D eigenvalue weighted by Crippen LogP contribution is -2.43. The number of benzene rings is 1. The van der Waals surface area contributed by atoms with Gasteiger partial charge in [0.2, 0.25) is 6.79 Å². The molecule has 1 aromatic carbocycles. The van der Waals surface area contributed by atoms with Gasteiger partial charge in [-0.3, -0.25) is 4.79 Å². The van der Waals surface area contributed by atoms with Crippen LogP contribution in [0.1, 0.15) is 78.2 Å². The van der Waals surface area contributed by atoms with Crippen LogP contribution in [0.2, 0.25) is 0 Å². The van der Waals surface area contributed by atoms with Crippen molar-refractivity contribution in [3.05, 3.63) is 23.8 Å². The molecule has 0 saturated carbocycles. The van der Waals surface area contributed by atoms with Crippen molar-refractivity contribution in [2.75, 3.05) is 18.3 Å². The van der Waals surface area contributed by atoms with Crippen LogP contribution in [-0.2, 0) is 22.4 Å². The lowest BCUT2D eigenvalue weighted by atomic mass is 10.1. The number of thiol groups is 1. The molecular weight excluding hydrogens is 458 g/mol. The van der Waals surface area contributed by atoms with Crippen molar-refractivity contribution in [1.82, 2.24) is 5.32 Å². The van der Waals surface area contributed by atoms with E-state index in [4.69, 9.17) is 14.6 Å². The van der Waals surface area contributed by atoms with Crippen molar-refractivity contribution < 1.29 is 23.9 Å². The van der Waals surface area contributed by atoms with Crippen molar-refractivity contribution in [3.8, 4) is 11.5 Å². The van der Waals surface area contributed by atoms with Crippen LogP contribution in [-0.4, -0.2) is 51.3 Å². The molecule has 0 saturated heterocycles. The van der Waals surface area contributed by atoms with Gasteiger partial charge in [-0.25, -0.2) is 0 Å². The Bertz CT molecular complexity index is 676. The van der Waals surface area contributed by atoms with Gasteiger partial charge < -0.3 is 24.4 Å². The molecule has 1 heterocycles. The molecule has 0 fully saturated rings. The number of carboxylic acids is 1. The number of carbonyl (C=O) groups is 1. The second kappa shape index (κ2) is 17.4. The molecule has 0 bridgehead atoms. The van der Waals surface area contributed by atoms with Gasteiger partial charge >= 0.3 is 5.97 Å². The highest BCUT2D eigenvalue weighted by atomic mass is 32.2. The average molecular weight is 502 g/mol. The van der Waals surface area contributed by atoms with Crippen LogP contribution in [0.5, 0.6) is 11.5 Å². The summed E-state index contributed by atoms with van der Waals surface area (Å²) in [6, 6.07) is 5.73. The Morgan fingerprint density at radius 1 is 1.15 bits per heavy atom. The third-order valence-electron chi connectivity index (χ3n) is 5.69. The fourth-order valence-electron chi connectivity index (χ4n) is 3.38. The largest absolute Gasteiger partial charge is 0.616 e. The van der Waals surface area contributed by atoms with Gasteiger partial charge in [-0.05, 0) is 50.8 Å². The molecule has 3 unspecified atom stereocenters. The van der Waals surface area contributed by atoms with E-state index in [0.717, 1.165) is 36.5 Å². The minimum atomic E-state index is -0.833. The van der Waals surface area contributed by atoms with Crippen LogP contribution in [0.15, 0.2) is 18.2 Å². The second-order valence-electron chi connectivity index (χ2n) is 8.60.